The topological polar surface area (TPSA) is 63.2 Å². The molecule has 0 bridgehead atoms. The van der Waals surface area contributed by atoms with Crippen LogP contribution in [-0.2, 0) is 20.9 Å². The van der Waals surface area contributed by atoms with Crippen molar-refractivity contribution in [2.75, 3.05) is 13.1 Å². The number of alkyl halides is 3. The quantitative estimate of drug-likeness (QED) is 0.809. The Hall–Kier alpha value is -2.29. The van der Waals surface area contributed by atoms with Gasteiger partial charge in [0.05, 0.1) is 5.92 Å². The van der Waals surface area contributed by atoms with Crippen LogP contribution in [0.1, 0.15) is 19.4 Å². The molecule has 0 radical (unpaired) electrons. The normalized spacial score (nSPS) is 31.1. The van der Waals surface area contributed by atoms with Crippen molar-refractivity contribution in [3.63, 3.8) is 0 Å². The molecule has 2 fully saturated rings. The first-order valence-electron chi connectivity index (χ1n) is 8.74. The van der Waals surface area contributed by atoms with Gasteiger partial charge in [0.15, 0.2) is 5.84 Å². The van der Waals surface area contributed by atoms with Crippen LogP contribution >= 0.6 is 0 Å². The summed E-state index contributed by atoms with van der Waals surface area (Å²) in [5.41, 5.74) is -0.941. The van der Waals surface area contributed by atoms with Crippen molar-refractivity contribution >= 4 is 11.8 Å². The lowest BCUT2D eigenvalue weighted by Gasteiger charge is -2.32. The maximum Gasteiger partial charge on any atom is 0.490 e. The van der Waals surface area contributed by atoms with Crippen molar-refractivity contribution in [2.24, 2.45) is 17.0 Å². The molecule has 0 amide bonds. The highest BCUT2D eigenvalue weighted by molar-refractivity contribution is 5.92. The Kier molecular flexibility index (Phi) is 3.92. The second-order valence-electron chi connectivity index (χ2n) is 7.62. The number of hydrogen-bond acceptors (Lipinski definition) is 6. The van der Waals surface area contributed by atoms with Gasteiger partial charge in [0.2, 0.25) is 5.72 Å². The summed E-state index contributed by atoms with van der Waals surface area (Å²) in [6.07, 6.45) is -5.02. The zero-order chi connectivity index (χ0) is 19.4. The number of benzene rings is 1. The molecule has 1 saturated carbocycles. The fourth-order valence-electron chi connectivity index (χ4n) is 4.05. The van der Waals surface area contributed by atoms with Crippen molar-refractivity contribution in [1.82, 2.24) is 10.2 Å². The van der Waals surface area contributed by atoms with Gasteiger partial charge >= 0.3 is 12.1 Å². The predicted octanol–water partition coefficient (Wildman–Crippen LogP) is 2.26. The van der Waals surface area contributed by atoms with E-state index in [-0.39, 0.29) is 12.5 Å². The van der Waals surface area contributed by atoms with Crippen molar-refractivity contribution in [3.8, 4) is 0 Å². The van der Waals surface area contributed by atoms with Gasteiger partial charge in [0.1, 0.15) is 5.60 Å². The zero-order valence-electron chi connectivity index (χ0n) is 14.9. The molecule has 2 aliphatic heterocycles. The molecule has 6 nitrogen and oxygen atoms in total. The van der Waals surface area contributed by atoms with Crippen LogP contribution in [0.5, 0.6) is 0 Å². The fourth-order valence-corrected chi connectivity index (χ4v) is 4.05. The van der Waals surface area contributed by atoms with Gasteiger partial charge in [-0.3, -0.25) is 0 Å². The van der Waals surface area contributed by atoms with E-state index in [1.165, 1.54) is 0 Å². The number of fused-ring (bicyclic) bond motifs is 1. The molecule has 9 heteroatoms. The summed E-state index contributed by atoms with van der Waals surface area (Å²) >= 11 is 0. The Labute approximate surface area is 154 Å². The van der Waals surface area contributed by atoms with E-state index < -0.39 is 29.4 Å². The molecular formula is C18H20F3N3O3. The van der Waals surface area contributed by atoms with Crippen LogP contribution in [0.3, 0.4) is 0 Å². The molecule has 1 saturated heterocycles. The van der Waals surface area contributed by atoms with E-state index in [9.17, 15) is 18.0 Å². The molecule has 0 spiro atoms. The van der Waals surface area contributed by atoms with Gasteiger partial charge in [-0.1, -0.05) is 35.5 Å². The summed E-state index contributed by atoms with van der Waals surface area (Å²) in [6.45, 7) is 4.82. The molecule has 27 heavy (non-hydrogen) atoms. The van der Waals surface area contributed by atoms with Crippen LogP contribution in [0.4, 0.5) is 13.2 Å². The minimum absolute atomic E-state index is 0.169. The molecule has 3 atom stereocenters. The molecule has 1 aliphatic carbocycles. The Balaban J connectivity index is 1.58. The summed E-state index contributed by atoms with van der Waals surface area (Å²) in [7, 11) is 0. The van der Waals surface area contributed by atoms with Crippen LogP contribution < -0.4 is 5.32 Å². The van der Waals surface area contributed by atoms with Crippen LogP contribution in [0.25, 0.3) is 0 Å². The number of amidine groups is 1. The van der Waals surface area contributed by atoms with E-state index in [0.29, 0.717) is 18.9 Å². The van der Waals surface area contributed by atoms with E-state index in [0.717, 1.165) is 5.56 Å². The van der Waals surface area contributed by atoms with Gasteiger partial charge in [-0.25, -0.2) is 4.79 Å². The largest absolute Gasteiger partial charge is 0.490 e. The van der Waals surface area contributed by atoms with Crippen molar-refractivity contribution < 1.29 is 27.5 Å². The van der Waals surface area contributed by atoms with Gasteiger partial charge in [-0.2, -0.15) is 13.2 Å². The number of halogens is 3. The third kappa shape index (κ3) is 2.93. The summed E-state index contributed by atoms with van der Waals surface area (Å²) in [5.74, 6) is -2.30. The molecule has 1 aromatic rings. The number of oxime groups is 1. The van der Waals surface area contributed by atoms with E-state index in [1.807, 2.05) is 49.1 Å². The lowest BCUT2D eigenvalue weighted by atomic mass is 10.1. The van der Waals surface area contributed by atoms with Crippen LogP contribution in [0.2, 0.25) is 0 Å². The maximum absolute atomic E-state index is 12.7. The number of nitrogens with one attached hydrogen (secondary N) is 1. The average molecular weight is 383 g/mol. The number of hydrogen-bond donors (Lipinski definition) is 1. The lowest BCUT2D eigenvalue weighted by Crippen LogP contribution is -2.46. The summed E-state index contributed by atoms with van der Waals surface area (Å²) in [6, 6.07) is 9.66. The Bertz CT molecular complexity index is 781. The van der Waals surface area contributed by atoms with Crippen LogP contribution in [0, 0.1) is 11.8 Å². The smallest absolute Gasteiger partial charge is 0.450 e. The molecular weight excluding hydrogens is 363 g/mol. The number of ether oxygens (including phenoxy) is 1. The molecule has 1 aromatic carbocycles. The highest BCUT2D eigenvalue weighted by atomic mass is 19.4. The van der Waals surface area contributed by atoms with E-state index in [4.69, 9.17) is 9.57 Å². The van der Waals surface area contributed by atoms with Gasteiger partial charge in [0.25, 0.3) is 0 Å². The number of carbonyl (C=O) groups excluding carboxylic acids is 1. The molecule has 0 aromatic heterocycles. The molecule has 2 heterocycles. The van der Waals surface area contributed by atoms with E-state index in [2.05, 4.69) is 10.5 Å². The summed E-state index contributed by atoms with van der Waals surface area (Å²) in [4.78, 5) is 18.9. The second-order valence-corrected chi connectivity index (χ2v) is 7.62. The SMILES string of the molecule is CC1(C)ON=C(C2C3CNCC32OC(=O)C(F)(F)F)N1Cc1ccccc1. The Morgan fingerprint density at radius 3 is 2.74 bits per heavy atom. The van der Waals surface area contributed by atoms with E-state index in [1.54, 1.807) is 0 Å². The fraction of sp³-hybridized carbons (Fsp3) is 0.556. The first-order chi connectivity index (χ1) is 12.7. The summed E-state index contributed by atoms with van der Waals surface area (Å²) < 4.78 is 43.1. The minimum Gasteiger partial charge on any atom is -0.450 e. The first kappa shape index (κ1) is 18.1. The van der Waals surface area contributed by atoms with Gasteiger partial charge in [-0.15, -0.1) is 0 Å². The van der Waals surface area contributed by atoms with Gasteiger partial charge in [-0.05, 0) is 19.4 Å². The number of piperidine rings is 1. The average Bonchev–Trinajstić information content (AvgIpc) is 2.87. The minimum atomic E-state index is -5.02. The monoisotopic (exact) mass is 383 g/mol. The molecule has 4 rings (SSSR count). The molecule has 1 N–H and O–H groups in total. The maximum atomic E-state index is 12.7. The highest BCUT2D eigenvalue weighted by Crippen LogP contribution is 2.58. The first-order valence-corrected chi connectivity index (χ1v) is 8.74. The standard InChI is InChI=1S/C18H20F3N3O3/c1-16(2)24(9-11-6-4-3-5-7-11)14(23-27-16)13-12-8-22-10-17(12,13)26-15(25)18(19,20)21/h3-7,12-13,22H,8-10H2,1-2H3. The number of nitrogens with zero attached hydrogens (tertiary/aromatic N) is 2. The van der Waals surface area contributed by atoms with Crippen LogP contribution in [0.15, 0.2) is 35.5 Å². The van der Waals surface area contributed by atoms with Crippen molar-refractivity contribution in [3.05, 3.63) is 35.9 Å². The lowest BCUT2D eigenvalue weighted by molar-refractivity contribution is -0.207. The predicted molar refractivity (Wildman–Crippen MR) is 89.3 cm³/mol. The van der Waals surface area contributed by atoms with Gasteiger partial charge in [0, 0.05) is 25.6 Å². The highest BCUT2D eigenvalue weighted by Gasteiger charge is 2.75. The molecule has 3 aliphatic rings. The van der Waals surface area contributed by atoms with Crippen molar-refractivity contribution in [2.45, 2.75) is 37.9 Å². The number of carbonyl (C=O) groups is 1. The van der Waals surface area contributed by atoms with Crippen LogP contribution in [-0.4, -0.2) is 47.3 Å². The Morgan fingerprint density at radius 1 is 1.37 bits per heavy atom. The van der Waals surface area contributed by atoms with Crippen molar-refractivity contribution in [1.29, 1.82) is 0 Å². The summed E-state index contributed by atoms with van der Waals surface area (Å²) in [5, 5.41) is 7.17. The van der Waals surface area contributed by atoms with E-state index >= 15 is 0 Å². The number of rotatable bonds is 4. The third-order valence-corrected chi connectivity index (χ3v) is 5.48. The molecule has 3 unspecified atom stereocenters. The number of esters is 1. The second kappa shape index (κ2) is 5.85. The Morgan fingerprint density at radius 2 is 2.07 bits per heavy atom. The molecule has 146 valence electrons. The third-order valence-electron chi connectivity index (χ3n) is 5.48. The van der Waals surface area contributed by atoms with Gasteiger partial charge < -0.3 is 19.8 Å². The zero-order valence-corrected chi connectivity index (χ0v) is 14.9.